The lowest BCUT2D eigenvalue weighted by molar-refractivity contribution is -0.143. The van der Waals surface area contributed by atoms with Crippen molar-refractivity contribution in [3.05, 3.63) is 178 Å². The Balaban J connectivity index is 0.000000139. The standard InChI is InChI=1S/C20H16ClN5O3S2.C20H17N5O4S.C20H17N5O3S2.C19H16N6O3S2/c21-13-7-14(30-10-13)17-15(8-22)31-20(24-17)25-18(27)12-1-2-16(23-9-12)26-5-3-11(4-6-26)19(28)29;21-10-15-17(14-2-1-9-29-14)23-20(30-15)24-18(26)13-3-4-16(22-11-13)25-7-5-12(6-8-25)19(27)28;21-9-15-17(14-5-8-29-11-14)23-20(30-15)24-18(26)13-1-2-16(22-10-13)25-6-3-12(4-7-25)19(27)28;20-9-13-15(17-21-5-8-29-17)23-19(30-13)24-16(26)12-1-2-14(22-10-12)25-6-3-11(4-7-25)18(27)28/h1-2,7,9-11H,3-6H2,(H,28,29)(H,24,25,27);1-4,9,11-12H,5-8H2,(H,27,28)(H,23,24,26);1-2,5,8,10-12H,3-4,6-7H2,(H,27,28)(H,23,24,26);1-2,5,8,10-11H,3-4,6-7H2,(H,27,28)(H,23,24,26). The minimum absolute atomic E-state index is 0.294. The fourth-order valence-electron chi connectivity index (χ4n) is 13.0. The van der Waals surface area contributed by atoms with E-state index in [1.165, 1.54) is 65.1 Å². The van der Waals surface area contributed by atoms with E-state index in [2.05, 4.69) is 90.4 Å². The van der Waals surface area contributed by atoms with Crippen LogP contribution < -0.4 is 40.9 Å². The van der Waals surface area contributed by atoms with Crippen LogP contribution in [0.15, 0.2) is 136 Å². The molecule has 0 aromatic carbocycles. The number of halogens is 1. The maximum atomic E-state index is 12.6. The van der Waals surface area contributed by atoms with Gasteiger partial charge in [0.1, 0.15) is 94.8 Å². The summed E-state index contributed by atoms with van der Waals surface area (Å²) in [6, 6.07) is 29.1. The molecule has 0 radical (unpaired) electrons. The summed E-state index contributed by atoms with van der Waals surface area (Å²) in [5.74, 6) is -2.45. The summed E-state index contributed by atoms with van der Waals surface area (Å²) in [5.41, 5.74) is 4.23. The summed E-state index contributed by atoms with van der Waals surface area (Å²) in [4.78, 5) is 144. The van der Waals surface area contributed by atoms with Gasteiger partial charge in [-0.15, -0.1) is 22.7 Å². The van der Waals surface area contributed by atoms with Crippen molar-refractivity contribution in [3.8, 4) is 68.3 Å². The predicted molar refractivity (Wildman–Crippen MR) is 457 cm³/mol. The van der Waals surface area contributed by atoms with Crippen LogP contribution >= 0.6 is 91.0 Å². The smallest absolute Gasteiger partial charge is 0.306 e. The molecular weight excluding hydrogens is 1710 g/mol. The highest BCUT2D eigenvalue weighted by Crippen LogP contribution is 2.39. The Bertz CT molecular complexity index is 5460. The number of nitriles is 4. The fraction of sp³-hybridized carbons (Fsp3) is 0.253. The van der Waals surface area contributed by atoms with Gasteiger partial charge in [0.2, 0.25) is 0 Å². The topological polar surface area (TPSA) is 503 Å². The van der Waals surface area contributed by atoms with E-state index in [0.717, 1.165) is 61.6 Å². The number of amides is 4. The Morgan fingerprint density at radius 1 is 0.421 bits per heavy atom. The Labute approximate surface area is 721 Å². The van der Waals surface area contributed by atoms with Gasteiger partial charge in [-0.2, -0.15) is 32.4 Å². The molecule has 0 bridgehead atoms. The number of rotatable bonds is 20. The summed E-state index contributed by atoms with van der Waals surface area (Å²) in [5, 5.41) is 94.5. The summed E-state index contributed by atoms with van der Waals surface area (Å²) in [6.07, 6.45) is 13.6. The van der Waals surface area contributed by atoms with Gasteiger partial charge in [-0.25, -0.2) is 44.9 Å². The van der Waals surface area contributed by atoms with Gasteiger partial charge < -0.3 is 44.4 Å². The number of hydrogen-bond acceptors (Lipinski definition) is 33. The summed E-state index contributed by atoms with van der Waals surface area (Å²) >= 11 is 14.6. The molecule has 0 spiro atoms. The average molecular weight is 1780 g/mol. The fourth-order valence-corrected chi connectivity index (χ4v) is 18.5. The number of aliphatic carboxylic acids is 4. The van der Waals surface area contributed by atoms with Crippen molar-refractivity contribution in [1.82, 2.24) is 44.9 Å². The number of nitrogens with one attached hydrogen (secondary N) is 4. The lowest BCUT2D eigenvalue weighted by atomic mass is 9.97. The third kappa shape index (κ3) is 21.6. The van der Waals surface area contributed by atoms with E-state index in [4.69, 9.17) is 36.4 Å². The molecule has 614 valence electrons. The minimum Gasteiger partial charge on any atom is -0.481 e. The molecule has 0 atom stereocenters. The van der Waals surface area contributed by atoms with Gasteiger partial charge in [0, 0.05) is 105 Å². The molecule has 16 heterocycles. The minimum atomic E-state index is -0.758. The number of carbonyl (C=O) groups excluding carboxylic acids is 4. The molecule has 4 saturated heterocycles. The Morgan fingerprint density at radius 2 is 0.769 bits per heavy atom. The number of piperidine rings is 4. The van der Waals surface area contributed by atoms with E-state index in [9.17, 15) is 59.4 Å². The average Bonchev–Trinajstić information content (AvgIpc) is 1.59. The van der Waals surface area contributed by atoms with Crippen molar-refractivity contribution >= 4 is 182 Å². The van der Waals surface area contributed by atoms with E-state index in [-0.39, 0.29) is 47.3 Å². The van der Waals surface area contributed by atoms with Crippen molar-refractivity contribution < 1.29 is 63.2 Å². The first-order valence-corrected chi connectivity index (χ1v) is 43.3. The van der Waals surface area contributed by atoms with Crippen molar-refractivity contribution in [1.29, 1.82) is 21.0 Å². The first-order chi connectivity index (χ1) is 58.6. The molecule has 4 aliphatic rings. The van der Waals surface area contributed by atoms with Gasteiger partial charge in [-0.05, 0) is 130 Å². The Hall–Kier alpha value is -13.4. The molecule has 4 fully saturated rings. The molecule has 34 nitrogen and oxygen atoms in total. The number of hydrogen-bond donors (Lipinski definition) is 8. The lowest BCUT2D eigenvalue weighted by Crippen LogP contribution is -2.36. The first-order valence-electron chi connectivity index (χ1n) is 36.9. The maximum absolute atomic E-state index is 12.6. The second-order valence-electron chi connectivity index (χ2n) is 27.0. The quantitative estimate of drug-likeness (QED) is 0.0351. The molecule has 0 saturated carbocycles. The molecule has 121 heavy (non-hydrogen) atoms. The lowest BCUT2D eigenvalue weighted by Gasteiger charge is -2.30. The Kier molecular flexibility index (Phi) is 28.2. The molecule has 16 rings (SSSR count). The number of carboxylic acids is 4. The van der Waals surface area contributed by atoms with E-state index in [1.807, 2.05) is 36.4 Å². The number of carbonyl (C=O) groups is 8. The van der Waals surface area contributed by atoms with Gasteiger partial charge in [-0.3, -0.25) is 59.6 Å². The monoisotopic (exact) mass is 1780 g/mol. The third-order valence-corrected chi connectivity index (χ3v) is 25.7. The highest BCUT2D eigenvalue weighted by Gasteiger charge is 2.31. The number of anilines is 8. The molecule has 12 aromatic rings. The van der Waals surface area contributed by atoms with Crippen molar-refractivity contribution in [2.24, 2.45) is 23.7 Å². The number of carboxylic acid groups (broad SMARTS) is 4. The van der Waals surface area contributed by atoms with Crippen LogP contribution in [-0.4, -0.2) is 165 Å². The number of nitrogens with zero attached hydrogens (tertiary/aromatic N) is 17. The molecule has 8 N–H and O–H groups in total. The second-order valence-corrected chi connectivity index (χ2v) is 34.0. The summed E-state index contributed by atoms with van der Waals surface area (Å²) in [7, 11) is 0. The summed E-state index contributed by atoms with van der Waals surface area (Å²) in [6.45, 7) is 4.93. The van der Waals surface area contributed by atoms with Gasteiger partial charge in [0.25, 0.3) is 23.6 Å². The van der Waals surface area contributed by atoms with E-state index in [0.29, 0.717) is 222 Å². The summed E-state index contributed by atoms with van der Waals surface area (Å²) < 4.78 is 5.29. The van der Waals surface area contributed by atoms with Gasteiger partial charge >= 0.3 is 23.9 Å². The predicted octanol–water partition coefficient (Wildman–Crippen LogP) is 14.3. The van der Waals surface area contributed by atoms with Crippen LogP contribution in [0.2, 0.25) is 5.02 Å². The Morgan fingerprint density at radius 3 is 1.07 bits per heavy atom. The number of thiophene rings is 2. The van der Waals surface area contributed by atoms with Gasteiger partial charge in [-0.1, -0.05) is 56.9 Å². The van der Waals surface area contributed by atoms with Crippen LogP contribution in [0.4, 0.5) is 43.8 Å². The van der Waals surface area contributed by atoms with Crippen molar-refractivity contribution in [2.75, 3.05) is 93.2 Å². The van der Waals surface area contributed by atoms with Crippen LogP contribution in [0.1, 0.15) is 112 Å². The van der Waals surface area contributed by atoms with Crippen LogP contribution in [0.5, 0.6) is 0 Å². The third-order valence-electron chi connectivity index (χ3n) is 19.5. The van der Waals surface area contributed by atoms with E-state index in [1.54, 1.807) is 83.7 Å². The molecule has 0 unspecified atom stereocenters. The number of furan rings is 1. The highest BCUT2D eigenvalue weighted by atomic mass is 35.5. The highest BCUT2D eigenvalue weighted by molar-refractivity contribution is 7.19. The van der Waals surface area contributed by atoms with Crippen LogP contribution in [0.3, 0.4) is 0 Å². The SMILES string of the molecule is N#Cc1sc(NC(=O)c2ccc(N3CCC(C(=O)O)CC3)nc2)nc1-c1cc(Cl)cs1.N#Cc1sc(NC(=O)c2ccc(N3CCC(C(=O)O)CC3)nc2)nc1-c1ccco1.N#Cc1sc(NC(=O)c2ccc(N3CCC(C(=O)O)CC3)nc2)nc1-c1ccsc1.N#Cc1sc(NC(=O)c2ccc(N3CCC(C(=O)O)CC3)nc2)nc1-c1nccs1. The van der Waals surface area contributed by atoms with E-state index >= 15 is 0 Å². The molecule has 12 aromatic heterocycles. The van der Waals surface area contributed by atoms with Crippen molar-refractivity contribution in [2.45, 2.75) is 51.4 Å². The zero-order valence-corrected chi connectivity index (χ0v) is 69.6. The molecule has 42 heteroatoms. The zero-order valence-electron chi connectivity index (χ0n) is 63.1. The van der Waals surface area contributed by atoms with Crippen LogP contribution in [0, 0.1) is 69.0 Å². The molecule has 0 aliphatic carbocycles. The molecule has 4 amide bonds. The second kappa shape index (κ2) is 39.9. The maximum Gasteiger partial charge on any atom is 0.306 e. The molecular formula is C79H66ClN21O13S7. The normalized spacial score (nSPS) is 14.3. The van der Waals surface area contributed by atoms with E-state index < -0.39 is 23.9 Å². The van der Waals surface area contributed by atoms with Crippen LogP contribution in [0.25, 0.3) is 44.0 Å². The largest absolute Gasteiger partial charge is 0.481 e. The van der Waals surface area contributed by atoms with Crippen LogP contribution in [-0.2, 0) is 19.2 Å². The van der Waals surface area contributed by atoms with Gasteiger partial charge in [0.05, 0.1) is 62.1 Å². The van der Waals surface area contributed by atoms with Crippen molar-refractivity contribution in [3.63, 3.8) is 0 Å². The number of thiazole rings is 5. The van der Waals surface area contributed by atoms with Gasteiger partial charge in [0.15, 0.2) is 26.3 Å². The first kappa shape index (κ1) is 85.5. The number of aromatic nitrogens is 9. The zero-order chi connectivity index (χ0) is 85.2. The number of pyridine rings is 4. The molecule has 4 aliphatic heterocycles.